The van der Waals surface area contributed by atoms with Gasteiger partial charge in [0.05, 0.1) is 7.11 Å². The molecule has 5 nitrogen and oxygen atoms in total. The molecule has 0 radical (unpaired) electrons. The van der Waals surface area contributed by atoms with Crippen LogP contribution in [0, 0.1) is 0 Å². The lowest BCUT2D eigenvalue weighted by Crippen LogP contribution is -2.44. The molecular weight excluding hydrogens is 288 g/mol. The van der Waals surface area contributed by atoms with Crippen LogP contribution >= 0.6 is 0 Å². The predicted octanol–water partition coefficient (Wildman–Crippen LogP) is 2.25. The van der Waals surface area contributed by atoms with Gasteiger partial charge in [-0.3, -0.25) is 0 Å². The van der Waals surface area contributed by atoms with Crippen LogP contribution in [0.15, 0.2) is 24.3 Å². The van der Waals surface area contributed by atoms with Crippen molar-refractivity contribution in [2.24, 2.45) is 0 Å². The van der Waals surface area contributed by atoms with Gasteiger partial charge in [0, 0.05) is 31.2 Å². The molecule has 0 unspecified atom stereocenters. The van der Waals surface area contributed by atoms with E-state index in [0.29, 0.717) is 19.6 Å². The first-order chi connectivity index (χ1) is 10.0. The van der Waals surface area contributed by atoms with Gasteiger partial charge in [0.15, 0.2) is 0 Å². The van der Waals surface area contributed by atoms with Crippen LogP contribution in [-0.2, 0) is 16.8 Å². The molecule has 1 aromatic rings. The molecule has 0 aromatic heterocycles. The van der Waals surface area contributed by atoms with E-state index < -0.39 is 10.2 Å². The number of nitrogens with zero attached hydrogens (tertiary/aromatic N) is 2. The molecule has 1 fully saturated rings. The lowest BCUT2D eigenvalue weighted by atomic mass is 10.2. The Bertz CT molecular complexity index is 566. The van der Waals surface area contributed by atoms with Crippen LogP contribution in [0.4, 0.5) is 0 Å². The number of para-hydroxylation sites is 1. The van der Waals surface area contributed by atoms with Crippen LogP contribution in [0.2, 0.25) is 0 Å². The van der Waals surface area contributed by atoms with Crippen LogP contribution in [0.3, 0.4) is 0 Å². The molecule has 1 saturated carbocycles. The first kappa shape index (κ1) is 16.3. The van der Waals surface area contributed by atoms with Crippen molar-refractivity contribution >= 4 is 10.2 Å². The maximum absolute atomic E-state index is 12.8. The van der Waals surface area contributed by atoms with Crippen LogP contribution in [0.1, 0.15) is 32.3 Å². The SMILES string of the molecule is CCN(CC)S(=O)(=O)N(Cc1ccccc1OC)C1CC1. The van der Waals surface area contributed by atoms with Crippen molar-refractivity contribution in [1.82, 2.24) is 8.61 Å². The maximum atomic E-state index is 12.8. The molecule has 118 valence electrons. The second-order valence-electron chi connectivity index (χ2n) is 5.18. The molecular formula is C15H24N2O3S. The van der Waals surface area contributed by atoms with Crippen molar-refractivity contribution in [3.63, 3.8) is 0 Å². The summed E-state index contributed by atoms with van der Waals surface area (Å²) in [5.41, 5.74) is 0.905. The summed E-state index contributed by atoms with van der Waals surface area (Å²) in [6, 6.07) is 7.71. The summed E-state index contributed by atoms with van der Waals surface area (Å²) in [5.74, 6) is 0.734. The Hall–Kier alpha value is -1.11. The van der Waals surface area contributed by atoms with E-state index in [1.807, 2.05) is 38.1 Å². The molecule has 0 atom stereocenters. The number of ether oxygens (including phenoxy) is 1. The van der Waals surface area contributed by atoms with E-state index in [4.69, 9.17) is 4.74 Å². The van der Waals surface area contributed by atoms with Crippen molar-refractivity contribution in [3.8, 4) is 5.75 Å². The summed E-state index contributed by atoms with van der Waals surface area (Å²) >= 11 is 0. The zero-order chi connectivity index (χ0) is 15.5. The Labute approximate surface area is 127 Å². The van der Waals surface area contributed by atoms with Gasteiger partial charge in [-0.05, 0) is 18.9 Å². The number of hydrogen-bond acceptors (Lipinski definition) is 3. The van der Waals surface area contributed by atoms with Gasteiger partial charge in [-0.2, -0.15) is 17.0 Å². The van der Waals surface area contributed by atoms with Crippen molar-refractivity contribution in [2.45, 2.75) is 39.3 Å². The van der Waals surface area contributed by atoms with Gasteiger partial charge in [0.2, 0.25) is 0 Å². The molecule has 0 amide bonds. The van der Waals surface area contributed by atoms with Crippen molar-refractivity contribution in [1.29, 1.82) is 0 Å². The van der Waals surface area contributed by atoms with E-state index in [1.54, 1.807) is 11.4 Å². The standard InChI is InChI=1S/C15H24N2O3S/c1-4-16(5-2)21(18,19)17(14-10-11-14)12-13-8-6-7-9-15(13)20-3/h6-9,14H,4-5,10-12H2,1-3H3. The molecule has 1 aliphatic rings. The number of benzene rings is 1. The predicted molar refractivity (Wildman–Crippen MR) is 83.4 cm³/mol. The number of rotatable bonds is 8. The van der Waals surface area contributed by atoms with E-state index in [0.717, 1.165) is 24.2 Å². The Morgan fingerprint density at radius 3 is 2.33 bits per heavy atom. The monoisotopic (exact) mass is 312 g/mol. The Kier molecular flexibility index (Phi) is 5.24. The smallest absolute Gasteiger partial charge is 0.282 e. The topological polar surface area (TPSA) is 49.9 Å². The summed E-state index contributed by atoms with van der Waals surface area (Å²) in [6.45, 7) is 5.10. The molecule has 0 N–H and O–H groups in total. The summed E-state index contributed by atoms with van der Waals surface area (Å²) < 4.78 is 34.1. The Morgan fingerprint density at radius 1 is 1.19 bits per heavy atom. The van der Waals surface area contributed by atoms with Crippen LogP contribution < -0.4 is 4.74 Å². The van der Waals surface area contributed by atoms with E-state index in [1.165, 1.54) is 4.31 Å². The lowest BCUT2D eigenvalue weighted by Gasteiger charge is -2.29. The molecule has 0 heterocycles. The van der Waals surface area contributed by atoms with E-state index in [-0.39, 0.29) is 6.04 Å². The fourth-order valence-electron chi connectivity index (χ4n) is 2.46. The van der Waals surface area contributed by atoms with Crippen LogP contribution in [0.25, 0.3) is 0 Å². The molecule has 6 heteroatoms. The highest BCUT2D eigenvalue weighted by Gasteiger charge is 2.39. The largest absolute Gasteiger partial charge is 0.496 e. The summed E-state index contributed by atoms with van der Waals surface area (Å²) in [7, 11) is -1.80. The van der Waals surface area contributed by atoms with Gasteiger partial charge in [-0.15, -0.1) is 0 Å². The number of methoxy groups -OCH3 is 1. The van der Waals surface area contributed by atoms with Crippen molar-refractivity contribution < 1.29 is 13.2 Å². The average molecular weight is 312 g/mol. The van der Waals surface area contributed by atoms with Gasteiger partial charge >= 0.3 is 0 Å². The third-order valence-electron chi connectivity index (χ3n) is 3.80. The van der Waals surface area contributed by atoms with Crippen molar-refractivity contribution in [2.75, 3.05) is 20.2 Å². The molecule has 0 bridgehead atoms. The molecule has 21 heavy (non-hydrogen) atoms. The Morgan fingerprint density at radius 2 is 1.81 bits per heavy atom. The van der Waals surface area contributed by atoms with E-state index >= 15 is 0 Å². The quantitative estimate of drug-likeness (QED) is 0.740. The second kappa shape index (κ2) is 6.77. The molecule has 2 rings (SSSR count). The highest BCUT2D eigenvalue weighted by molar-refractivity contribution is 7.86. The minimum atomic E-state index is -3.41. The minimum Gasteiger partial charge on any atom is -0.496 e. The molecule has 0 spiro atoms. The molecule has 1 aromatic carbocycles. The van der Waals surface area contributed by atoms with Gasteiger partial charge in [-0.25, -0.2) is 0 Å². The lowest BCUT2D eigenvalue weighted by molar-refractivity contribution is 0.331. The van der Waals surface area contributed by atoms with Crippen LogP contribution in [0.5, 0.6) is 5.75 Å². The van der Waals surface area contributed by atoms with E-state index in [9.17, 15) is 8.42 Å². The fraction of sp³-hybridized carbons (Fsp3) is 0.600. The Balaban J connectivity index is 2.28. The first-order valence-corrected chi connectivity index (χ1v) is 8.83. The average Bonchev–Trinajstić information content (AvgIpc) is 3.30. The van der Waals surface area contributed by atoms with E-state index in [2.05, 4.69) is 0 Å². The van der Waals surface area contributed by atoms with Gasteiger partial charge in [0.1, 0.15) is 5.75 Å². The van der Waals surface area contributed by atoms with Gasteiger partial charge in [0.25, 0.3) is 10.2 Å². The molecule has 0 aliphatic heterocycles. The first-order valence-electron chi connectivity index (χ1n) is 7.43. The highest BCUT2D eigenvalue weighted by atomic mass is 32.2. The van der Waals surface area contributed by atoms with Crippen LogP contribution in [-0.4, -0.2) is 43.3 Å². The highest BCUT2D eigenvalue weighted by Crippen LogP contribution is 2.33. The summed E-state index contributed by atoms with van der Waals surface area (Å²) in [6.07, 6.45) is 1.88. The maximum Gasteiger partial charge on any atom is 0.282 e. The number of hydrogen-bond donors (Lipinski definition) is 0. The molecule has 1 aliphatic carbocycles. The minimum absolute atomic E-state index is 0.125. The normalized spacial score (nSPS) is 15.7. The zero-order valence-electron chi connectivity index (χ0n) is 12.9. The zero-order valence-corrected chi connectivity index (χ0v) is 13.8. The fourth-order valence-corrected chi connectivity index (χ4v) is 4.30. The summed E-state index contributed by atoms with van der Waals surface area (Å²) in [5, 5.41) is 0. The third kappa shape index (κ3) is 3.56. The van der Waals surface area contributed by atoms with Gasteiger partial charge < -0.3 is 4.74 Å². The third-order valence-corrected chi connectivity index (χ3v) is 5.99. The second-order valence-corrected chi connectivity index (χ2v) is 7.06. The van der Waals surface area contributed by atoms with Gasteiger partial charge in [-0.1, -0.05) is 32.0 Å². The van der Waals surface area contributed by atoms with Crippen molar-refractivity contribution in [3.05, 3.63) is 29.8 Å². The molecule has 0 saturated heterocycles. The summed E-state index contributed by atoms with van der Waals surface area (Å²) in [4.78, 5) is 0.